The van der Waals surface area contributed by atoms with E-state index in [4.69, 9.17) is 14.2 Å². The molecule has 2 aromatic carbocycles. The molecule has 1 aliphatic rings. The zero-order valence-corrected chi connectivity index (χ0v) is 25.7. The van der Waals surface area contributed by atoms with Gasteiger partial charge in [0, 0.05) is 24.1 Å². The van der Waals surface area contributed by atoms with Gasteiger partial charge in [-0.1, -0.05) is 58.4 Å². The van der Waals surface area contributed by atoms with Gasteiger partial charge in [0.25, 0.3) is 0 Å². The molecule has 1 N–H and O–H groups in total. The molecule has 0 radical (unpaired) electrons. The summed E-state index contributed by atoms with van der Waals surface area (Å²) in [6, 6.07) is 16.1. The lowest BCUT2D eigenvalue weighted by Crippen LogP contribution is -2.59. The van der Waals surface area contributed by atoms with Crippen molar-refractivity contribution in [3.63, 3.8) is 0 Å². The SMILES string of the molecule is CC(C)(C)OC(=O)NCC[C@@H]1CN(C(=O)OC(C)(C)C)C[C@@H](c2ccc(Br)cc2)N1C(=O)OCc1ccccc1. The van der Waals surface area contributed by atoms with Gasteiger partial charge < -0.3 is 24.4 Å². The van der Waals surface area contributed by atoms with Crippen LogP contribution in [0.4, 0.5) is 14.4 Å². The molecule has 40 heavy (non-hydrogen) atoms. The summed E-state index contributed by atoms with van der Waals surface area (Å²) in [4.78, 5) is 42.5. The van der Waals surface area contributed by atoms with Gasteiger partial charge in [0.05, 0.1) is 12.1 Å². The number of alkyl carbamates (subject to hydrolysis) is 1. The zero-order chi connectivity index (χ0) is 29.5. The Morgan fingerprint density at radius 3 is 2.10 bits per heavy atom. The van der Waals surface area contributed by atoms with E-state index in [0.717, 1.165) is 15.6 Å². The van der Waals surface area contributed by atoms with Crippen LogP contribution >= 0.6 is 15.9 Å². The Balaban J connectivity index is 1.88. The zero-order valence-electron chi connectivity index (χ0n) is 24.1. The standard InChI is InChI=1S/C30H40BrN3O6/c1-29(2,3)39-26(35)32-17-16-24-18-33(27(36)40-30(4,5)6)19-25(22-12-14-23(31)15-13-22)34(24)28(37)38-20-21-10-8-7-9-11-21/h7-15,24-25H,16-20H2,1-6H3,(H,32,35)/t24-,25+/m1/s1. The first-order valence-corrected chi connectivity index (χ1v) is 14.2. The number of piperazine rings is 1. The summed E-state index contributed by atoms with van der Waals surface area (Å²) in [6.07, 6.45) is -1.14. The number of ether oxygens (including phenoxy) is 3. The fourth-order valence-electron chi connectivity index (χ4n) is 4.35. The van der Waals surface area contributed by atoms with E-state index in [9.17, 15) is 14.4 Å². The summed E-state index contributed by atoms with van der Waals surface area (Å²) in [7, 11) is 0. The smallest absolute Gasteiger partial charge is 0.410 e. The maximum atomic E-state index is 13.7. The molecule has 1 heterocycles. The highest BCUT2D eigenvalue weighted by atomic mass is 79.9. The molecular formula is C30H40BrN3O6. The third-order valence-corrected chi connectivity index (χ3v) is 6.55. The van der Waals surface area contributed by atoms with E-state index < -0.39 is 41.6 Å². The lowest BCUT2D eigenvalue weighted by atomic mass is 9.98. The van der Waals surface area contributed by atoms with Gasteiger partial charge in [-0.3, -0.25) is 4.90 Å². The predicted molar refractivity (Wildman–Crippen MR) is 156 cm³/mol. The Bertz CT molecular complexity index is 1140. The van der Waals surface area contributed by atoms with Crippen molar-refractivity contribution in [2.45, 2.75) is 77.9 Å². The number of hydrogen-bond donors (Lipinski definition) is 1. The largest absolute Gasteiger partial charge is 0.445 e. The molecule has 10 heteroatoms. The first-order valence-electron chi connectivity index (χ1n) is 13.4. The molecule has 1 aliphatic heterocycles. The summed E-state index contributed by atoms with van der Waals surface area (Å²) in [6.45, 7) is 11.6. The Morgan fingerprint density at radius 1 is 0.875 bits per heavy atom. The van der Waals surface area contributed by atoms with Crippen molar-refractivity contribution in [2.75, 3.05) is 19.6 Å². The van der Waals surface area contributed by atoms with Crippen molar-refractivity contribution in [1.29, 1.82) is 0 Å². The highest BCUT2D eigenvalue weighted by Crippen LogP contribution is 2.32. The van der Waals surface area contributed by atoms with Crippen LogP contribution in [-0.2, 0) is 20.8 Å². The maximum absolute atomic E-state index is 13.7. The van der Waals surface area contributed by atoms with E-state index in [0.29, 0.717) is 6.42 Å². The second-order valence-corrected chi connectivity index (χ2v) is 12.7. The van der Waals surface area contributed by atoms with Crippen LogP contribution < -0.4 is 5.32 Å². The Labute approximate surface area is 245 Å². The normalized spacial score (nSPS) is 17.7. The summed E-state index contributed by atoms with van der Waals surface area (Å²) in [5, 5.41) is 2.77. The van der Waals surface area contributed by atoms with E-state index in [1.54, 1.807) is 30.6 Å². The van der Waals surface area contributed by atoms with Gasteiger partial charge >= 0.3 is 18.3 Å². The molecule has 3 amide bonds. The maximum Gasteiger partial charge on any atom is 0.410 e. The molecule has 0 bridgehead atoms. The van der Waals surface area contributed by atoms with Gasteiger partial charge in [0.15, 0.2) is 0 Å². The van der Waals surface area contributed by atoms with Gasteiger partial charge in [-0.2, -0.15) is 0 Å². The van der Waals surface area contributed by atoms with Crippen LogP contribution in [0.2, 0.25) is 0 Å². The molecule has 218 valence electrons. The molecule has 1 saturated heterocycles. The minimum atomic E-state index is -0.677. The second-order valence-electron chi connectivity index (χ2n) is 11.8. The summed E-state index contributed by atoms with van der Waals surface area (Å²) < 4.78 is 17.7. The van der Waals surface area contributed by atoms with Crippen LogP contribution in [0.25, 0.3) is 0 Å². The molecule has 0 unspecified atom stereocenters. The predicted octanol–water partition coefficient (Wildman–Crippen LogP) is 6.66. The Hall–Kier alpha value is -3.27. The first kappa shape index (κ1) is 31.3. The quantitative estimate of drug-likeness (QED) is 0.364. The van der Waals surface area contributed by atoms with Gasteiger partial charge in [-0.25, -0.2) is 14.4 Å². The average Bonchev–Trinajstić information content (AvgIpc) is 2.86. The van der Waals surface area contributed by atoms with Crippen LogP contribution in [0.1, 0.15) is 65.1 Å². The average molecular weight is 619 g/mol. The van der Waals surface area contributed by atoms with E-state index in [-0.39, 0.29) is 26.2 Å². The highest BCUT2D eigenvalue weighted by molar-refractivity contribution is 9.10. The summed E-state index contributed by atoms with van der Waals surface area (Å²) >= 11 is 3.47. The Kier molecular flexibility index (Phi) is 10.5. The van der Waals surface area contributed by atoms with Crippen molar-refractivity contribution in [3.8, 4) is 0 Å². The molecule has 0 saturated carbocycles. The van der Waals surface area contributed by atoms with Crippen LogP contribution in [0.15, 0.2) is 59.1 Å². The lowest BCUT2D eigenvalue weighted by Gasteiger charge is -2.46. The van der Waals surface area contributed by atoms with E-state index in [1.165, 1.54) is 0 Å². The van der Waals surface area contributed by atoms with Crippen molar-refractivity contribution in [3.05, 3.63) is 70.2 Å². The minimum absolute atomic E-state index is 0.113. The monoisotopic (exact) mass is 617 g/mol. The molecular weight excluding hydrogens is 578 g/mol. The molecule has 0 spiro atoms. The topological polar surface area (TPSA) is 97.4 Å². The number of carbonyl (C=O) groups is 3. The third-order valence-electron chi connectivity index (χ3n) is 6.02. The van der Waals surface area contributed by atoms with Crippen LogP contribution in [0.3, 0.4) is 0 Å². The van der Waals surface area contributed by atoms with Crippen LogP contribution in [0.5, 0.6) is 0 Å². The Morgan fingerprint density at radius 2 is 1.50 bits per heavy atom. The van der Waals surface area contributed by atoms with Gasteiger partial charge in [0.2, 0.25) is 0 Å². The number of halogens is 1. The lowest BCUT2D eigenvalue weighted by molar-refractivity contribution is -0.0177. The molecule has 9 nitrogen and oxygen atoms in total. The number of carbonyl (C=O) groups excluding carboxylic acids is 3. The minimum Gasteiger partial charge on any atom is -0.445 e. The third kappa shape index (κ3) is 9.73. The van der Waals surface area contributed by atoms with Crippen LogP contribution in [-0.4, -0.2) is 65.0 Å². The molecule has 0 aliphatic carbocycles. The van der Waals surface area contributed by atoms with Gasteiger partial charge in [0.1, 0.15) is 17.8 Å². The number of benzene rings is 2. The van der Waals surface area contributed by atoms with Gasteiger partial charge in [-0.15, -0.1) is 0 Å². The summed E-state index contributed by atoms with van der Waals surface area (Å²) in [5.41, 5.74) is 0.399. The fraction of sp³-hybridized carbons (Fsp3) is 0.500. The molecule has 1 fully saturated rings. The van der Waals surface area contributed by atoms with Crippen molar-refractivity contribution in [2.24, 2.45) is 0 Å². The number of hydrogen-bond acceptors (Lipinski definition) is 6. The van der Waals surface area contributed by atoms with Crippen molar-refractivity contribution < 1.29 is 28.6 Å². The highest BCUT2D eigenvalue weighted by Gasteiger charge is 2.42. The number of rotatable bonds is 6. The van der Waals surface area contributed by atoms with E-state index >= 15 is 0 Å². The first-order chi connectivity index (χ1) is 18.7. The van der Waals surface area contributed by atoms with E-state index in [1.807, 2.05) is 75.4 Å². The number of amides is 3. The summed E-state index contributed by atoms with van der Waals surface area (Å²) in [5.74, 6) is 0. The molecule has 2 aromatic rings. The second kappa shape index (κ2) is 13.4. The number of nitrogens with one attached hydrogen (secondary N) is 1. The van der Waals surface area contributed by atoms with Crippen LogP contribution in [0, 0.1) is 0 Å². The molecule has 0 aromatic heterocycles. The van der Waals surface area contributed by atoms with Crippen molar-refractivity contribution >= 4 is 34.2 Å². The molecule has 3 rings (SSSR count). The molecule has 2 atom stereocenters. The fourth-order valence-corrected chi connectivity index (χ4v) is 4.61. The van der Waals surface area contributed by atoms with E-state index in [2.05, 4.69) is 21.2 Å². The van der Waals surface area contributed by atoms with Crippen molar-refractivity contribution in [1.82, 2.24) is 15.1 Å². The van der Waals surface area contributed by atoms with Gasteiger partial charge in [-0.05, 0) is 71.2 Å². The number of nitrogens with zero attached hydrogens (tertiary/aromatic N) is 2.